The molecular formula is C7H15NO3. The van der Waals surface area contributed by atoms with Crippen LogP contribution in [-0.2, 0) is 0 Å². The van der Waals surface area contributed by atoms with Gasteiger partial charge in [-0.25, -0.2) is 0 Å². The summed E-state index contributed by atoms with van der Waals surface area (Å²) < 4.78 is 0. The van der Waals surface area contributed by atoms with E-state index in [0.29, 0.717) is 12.8 Å². The van der Waals surface area contributed by atoms with E-state index in [0.717, 1.165) is 0 Å². The number of hydrogen-bond acceptors (Lipinski definition) is 4. The Morgan fingerprint density at radius 2 is 1.73 bits per heavy atom. The minimum absolute atomic E-state index is 0.0560. The van der Waals surface area contributed by atoms with Crippen LogP contribution in [0, 0.1) is 0 Å². The minimum atomic E-state index is -0.747. The molecule has 0 unspecified atom stereocenters. The van der Waals surface area contributed by atoms with E-state index >= 15 is 0 Å². The maximum Gasteiger partial charge on any atom is 0.0650 e. The molecule has 0 aromatic carbocycles. The highest BCUT2D eigenvalue weighted by Crippen LogP contribution is 2.14. The first-order valence-electron chi connectivity index (χ1n) is 3.51. The molecule has 0 aromatic rings. The number of aliphatic hydroxyl groups excluding tert-OH is 2. The summed E-state index contributed by atoms with van der Waals surface area (Å²) in [6.45, 7) is 3.38. The van der Waals surface area contributed by atoms with Gasteiger partial charge in [-0.15, -0.1) is 6.58 Å². The lowest BCUT2D eigenvalue weighted by Crippen LogP contribution is -2.42. The Labute approximate surface area is 66.1 Å². The highest BCUT2D eigenvalue weighted by atomic mass is 16.5. The van der Waals surface area contributed by atoms with E-state index in [9.17, 15) is 0 Å². The number of nitrogens with one attached hydrogen (secondary N) is 1. The molecule has 4 nitrogen and oxygen atoms in total. The molecule has 0 amide bonds. The molecule has 0 aromatic heterocycles. The second kappa shape index (κ2) is 5.26. The maximum atomic E-state index is 8.70. The zero-order valence-electron chi connectivity index (χ0n) is 6.45. The third-order valence-electron chi connectivity index (χ3n) is 1.73. The molecule has 0 fully saturated rings. The predicted octanol–water partition coefficient (Wildman–Crippen LogP) is -0.345. The summed E-state index contributed by atoms with van der Waals surface area (Å²) >= 11 is 0. The van der Waals surface area contributed by atoms with E-state index in [4.69, 9.17) is 15.4 Å². The number of hydrogen-bond donors (Lipinski definition) is 4. The fraction of sp³-hybridized carbons (Fsp3) is 0.714. The summed E-state index contributed by atoms with van der Waals surface area (Å²) in [6, 6.07) is 0. The van der Waals surface area contributed by atoms with Crippen LogP contribution in [0.3, 0.4) is 0 Å². The van der Waals surface area contributed by atoms with Gasteiger partial charge in [0.15, 0.2) is 0 Å². The molecule has 0 saturated carbocycles. The second-order valence-electron chi connectivity index (χ2n) is 2.42. The van der Waals surface area contributed by atoms with Crippen molar-refractivity contribution < 1.29 is 15.4 Å². The fourth-order valence-corrected chi connectivity index (χ4v) is 0.886. The molecule has 0 bridgehead atoms. The molecule has 0 aliphatic heterocycles. The van der Waals surface area contributed by atoms with Crippen LogP contribution in [0.2, 0.25) is 0 Å². The van der Waals surface area contributed by atoms with Crippen molar-refractivity contribution in [3.8, 4) is 0 Å². The maximum absolute atomic E-state index is 8.70. The van der Waals surface area contributed by atoms with Crippen LogP contribution in [0.5, 0.6) is 0 Å². The SMILES string of the molecule is C=CC(CCO)(CCO)NO. The Bertz CT molecular complexity index is 110. The van der Waals surface area contributed by atoms with E-state index in [-0.39, 0.29) is 13.2 Å². The average molecular weight is 161 g/mol. The first-order chi connectivity index (χ1) is 5.24. The van der Waals surface area contributed by atoms with Gasteiger partial charge in [0.1, 0.15) is 0 Å². The van der Waals surface area contributed by atoms with Crippen LogP contribution in [0.4, 0.5) is 0 Å². The highest BCUT2D eigenvalue weighted by Gasteiger charge is 2.23. The van der Waals surface area contributed by atoms with Crippen molar-refractivity contribution >= 4 is 0 Å². The summed E-state index contributed by atoms with van der Waals surface area (Å²) in [7, 11) is 0. The Morgan fingerprint density at radius 3 is 1.91 bits per heavy atom. The van der Waals surface area contributed by atoms with Crippen LogP contribution in [0.1, 0.15) is 12.8 Å². The summed E-state index contributed by atoms with van der Waals surface area (Å²) in [6.07, 6.45) is 2.17. The quantitative estimate of drug-likeness (QED) is 0.317. The molecule has 4 heteroatoms. The molecule has 0 saturated heterocycles. The fourth-order valence-electron chi connectivity index (χ4n) is 0.886. The molecule has 0 atom stereocenters. The van der Waals surface area contributed by atoms with Gasteiger partial charge in [-0.3, -0.25) is 0 Å². The molecule has 0 rings (SSSR count). The Kier molecular flexibility index (Phi) is 5.06. The largest absolute Gasteiger partial charge is 0.396 e. The van der Waals surface area contributed by atoms with Crippen molar-refractivity contribution in [3.63, 3.8) is 0 Å². The van der Waals surface area contributed by atoms with E-state index < -0.39 is 5.54 Å². The van der Waals surface area contributed by atoms with E-state index in [1.54, 1.807) is 0 Å². The monoisotopic (exact) mass is 161 g/mol. The molecule has 0 spiro atoms. The van der Waals surface area contributed by atoms with Gasteiger partial charge in [0.2, 0.25) is 0 Å². The van der Waals surface area contributed by atoms with Crippen molar-refractivity contribution in [1.29, 1.82) is 0 Å². The van der Waals surface area contributed by atoms with Crippen molar-refractivity contribution in [2.24, 2.45) is 0 Å². The third kappa shape index (κ3) is 2.98. The number of hydroxylamine groups is 1. The summed E-state index contributed by atoms with van der Waals surface area (Å²) in [4.78, 5) is 0. The zero-order valence-corrected chi connectivity index (χ0v) is 6.45. The van der Waals surface area contributed by atoms with Gasteiger partial charge in [-0.05, 0) is 12.8 Å². The van der Waals surface area contributed by atoms with Gasteiger partial charge in [-0.2, -0.15) is 5.48 Å². The number of aliphatic hydroxyl groups is 2. The van der Waals surface area contributed by atoms with E-state index in [1.165, 1.54) is 6.08 Å². The summed E-state index contributed by atoms with van der Waals surface area (Å²) in [5.41, 5.74) is 1.28. The average Bonchev–Trinajstić information content (AvgIpc) is 2.04. The molecule has 0 heterocycles. The lowest BCUT2D eigenvalue weighted by Gasteiger charge is -2.26. The standard InChI is InChI=1S/C7H15NO3/c1-2-7(8-11,3-5-9)4-6-10/h2,8-11H,1,3-6H2. The van der Waals surface area contributed by atoms with Crippen molar-refractivity contribution in [3.05, 3.63) is 12.7 Å². The van der Waals surface area contributed by atoms with Gasteiger partial charge >= 0.3 is 0 Å². The van der Waals surface area contributed by atoms with Gasteiger partial charge in [0.05, 0.1) is 5.54 Å². The summed E-state index contributed by atoms with van der Waals surface area (Å²) in [5.74, 6) is 0. The van der Waals surface area contributed by atoms with Crippen LogP contribution < -0.4 is 5.48 Å². The zero-order chi connectivity index (χ0) is 8.74. The normalized spacial score (nSPS) is 11.5. The summed E-state index contributed by atoms with van der Waals surface area (Å²) in [5, 5.41) is 25.9. The van der Waals surface area contributed by atoms with Crippen molar-refractivity contribution in [2.45, 2.75) is 18.4 Å². The molecule has 0 aliphatic rings. The van der Waals surface area contributed by atoms with Gasteiger partial charge in [0.25, 0.3) is 0 Å². The Balaban J connectivity index is 4.07. The lowest BCUT2D eigenvalue weighted by atomic mass is 9.93. The lowest BCUT2D eigenvalue weighted by molar-refractivity contribution is 0.0551. The highest BCUT2D eigenvalue weighted by molar-refractivity contribution is 5.00. The topological polar surface area (TPSA) is 72.7 Å². The van der Waals surface area contributed by atoms with Crippen LogP contribution in [0.25, 0.3) is 0 Å². The van der Waals surface area contributed by atoms with Gasteiger partial charge in [0, 0.05) is 13.2 Å². The van der Waals surface area contributed by atoms with Gasteiger partial charge < -0.3 is 15.4 Å². The molecule has 0 aliphatic carbocycles. The predicted molar refractivity (Wildman–Crippen MR) is 41.3 cm³/mol. The molecule has 66 valence electrons. The second-order valence-corrected chi connectivity index (χ2v) is 2.42. The van der Waals surface area contributed by atoms with E-state index in [1.807, 2.05) is 5.48 Å². The Hall–Kier alpha value is -0.420. The van der Waals surface area contributed by atoms with Crippen molar-refractivity contribution in [2.75, 3.05) is 13.2 Å². The molecule has 4 N–H and O–H groups in total. The van der Waals surface area contributed by atoms with Crippen molar-refractivity contribution in [1.82, 2.24) is 5.48 Å². The van der Waals surface area contributed by atoms with Crippen LogP contribution >= 0.6 is 0 Å². The molecule has 11 heavy (non-hydrogen) atoms. The smallest absolute Gasteiger partial charge is 0.0650 e. The van der Waals surface area contributed by atoms with Crippen LogP contribution in [-0.4, -0.2) is 34.2 Å². The minimum Gasteiger partial charge on any atom is -0.396 e. The first-order valence-corrected chi connectivity index (χ1v) is 3.51. The van der Waals surface area contributed by atoms with E-state index in [2.05, 4.69) is 6.58 Å². The number of rotatable bonds is 6. The Morgan fingerprint density at radius 1 is 1.27 bits per heavy atom. The first kappa shape index (κ1) is 10.6. The van der Waals surface area contributed by atoms with Gasteiger partial charge in [-0.1, -0.05) is 6.08 Å². The van der Waals surface area contributed by atoms with Crippen LogP contribution in [0.15, 0.2) is 12.7 Å². The molecule has 0 radical (unpaired) electrons. The third-order valence-corrected chi connectivity index (χ3v) is 1.73. The molecular weight excluding hydrogens is 146 g/mol.